The van der Waals surface area contributed by atoms with Gasteiger partial charge in [0.1, 0.15) is 73.2 Å². The molecule has 0 saturated carbocycles. The van der Waals surface area contributed by atoms with Crippen LogP contribution in [0.3, 0.4) is 0 Å². The number of hydrogen-bond acceptors (Lipinski definition) is 18. The maximum absolute atomic E-state index is 13.1. The molecule has 0 bridgehead atoms. The molecule has 78 heavy (non-hydrogen) atoms. The van der Waals surface area contributed by atoms with E-state index < -0.39 is 124 Å². The molecule has 0 aliphatic carbocycles. The van der Waals surface area contributed by atoms with Crippen molar-refractivity contribution in [3.8, 4) is 0 Å². The zero-order valence-corrected chi connectivity index (χ0v) is 47.7. The number of aliphatic hydroxyl groups is 11. The maximum atomic E-state index is 13.1. The van der Waals surface area contributed by atoms with Crippen molar-refractivity contribution in [2.75, 3.05) is 26.4 Å². The summed E-state index contributed by atoms with van der Waals surface area (Å²) in [6.45, 7) is 1.60. The lowest BCUT2D eigenvalue weighted by Crippen LogP contribution is -2.66. The second-order valence-corrected chi connectivity index (χ2v) is 22.2. The van der Waals surface area contributed by atoms with Gasteiger partial charge in [-0.05, 0) is 32.1 Å². The number of carbonyl (C=O) groups is 1. The number of unbranched alkanes of at least 4 members (excludes halogenated alkanes) is 27. The van der Waals surface area contributed by atoms with Gasteiger partial charge in [0, 0.05) is 6.42 Å². The molecule has 0 aromatic carbocycles. The van der Waals surface area contributed by atoms with Gasteiger partial charge in [-0.1, -0.05) is 199 Å². The highest BCUT2D eigenvalue weighted by atomic mass is 16.8. The van der Waals surface area contributed by atoms with Crippen LogP contribution in [0.4, 0.5) is 0 Å². The zero-order valence-electron chi connectivity index (χ0n) is 47.7. The van der Waals surface area contributed by atoms with Crippen molar-refractivity contribution in [1.82, 2.24) is 5.32 Å². The molecule has 3 saturated heterocycles. The molecule has 458 valence electrons. The number of hydrogen-bond donors (Lipinski definition) is 12. The summed E-state index contributed by atoms with van der Waals surface area (Å²) in [6, 6.07) is -0.982. The minimum Gasteiger partial charge on any atom is -0.394 e. The first-order valence-corrected chi connectivity index (χ1v) is 30.6. The summed E-state index contributed by atoms with van der Waals surface area (Å²) in [5.41, 5.74) is 0. The van der Waals surface area contributed by atoms with Crippen molar-refractivity contribution in [2.24, 2.45) is 0 Å². The highest BCUT2D eigenvalue weighted by Gasteiger charge is 2.53. The van der Waals surface area contributed by atoms with Gasteiger partial charge in [0.05, 0.1) is 38.6 Å². The number of carbonyl (C=O) groups excluding carboxylic acids is 1. The molecule has 1 amide bonds. The van der Waals surface area contributed by atoms with Crippen LogP contribution in [0.5, 0.6) is 0 Å². The van der Waals surface area contributed by atoms with E-state index in [-0.39, 0.29) is 18.9 Å². The standard InChI is InChI=1S/C59H109NO18/c1-3-5-7-9-10-11-12-13-14-15-16-17-18-19-20-21-22-23-24-25-26-27-28-29-30-31-33-34-36-43(64)42(60-47(65)37-35-32-8-6-4-2)41-73-57-53(71)50(68)55(45(39-62)75-57)78-59-54(72)51(69)56(46(40-63)76-59)77-58-52(70)49(67)48(66)44(38-61)74-58/h29-30,34,36,42-46,48-59,61-64,66-72H,3-28,31-33,35,37-41H2,1-2H3,(H,60,65)/b30-29+,36-34+. The molecule has 3 aliphatic rings. The van der Waals surface area contributed by atoms with Gasteiger partial charge in [0.25, 0.3) is 0 Å². The summed E-state index contributed by atoms with van der Waals surface area (Å²) >= 11 is 0. The number of allylic oxidation sites excluding steroid dienone is 3. The van der Waals surface area contributed by atoms with Gasteiger partial charge in [-0.25, -0.2) is 0 Å². The summed E-state index contributed by atoms with van der Waals surface area (Å²) in [5.74, 6) is -0.298. The Bertz CT molecular complexity index is 1530. The lowest BCUT2D eigenvalue weighted by molar-refractivity contribution is -0.379. The van der Waals surface area contributed by atoms with E-state index in [4.69, 9.17) is 28.4 Å². The second-order valence-electron chi connectivity index (χ2n) is 22.2. The van der Waals surface area contributed by atoms with Crippen LogP contribution in [0.1, 0.15) is 213 Å². The molecule has 12 N–H and O–H groups in total. The number of amides is 1. The molecule has 3 aliphatic heterocycles. The summed E-state index contributed by atoms with van der Waals surface area (Å²) in [7, 11) is 0. The molecular weight excluding hydrogens is 1010 g/mol. The fourth-order valence-corrected chi connectivity index (χ4v) is 10.4. The van der Waals surface area contributed by atoms with Crippen molar-refractivity contribution in [2.45, 2.75) is 317 Å². The summed E-state index contributed by atoms with van der Waals surface area (Å²) < 4.78 is 34.1. The predicted octanol–water partition coefficient (Wildman–Crippen LogP) is 5.54. The minimum atomic E-state index is -1.98. The van der Waals surface area contributed by atoms with Crippen LogP contribution in [-0.2, 0) is 33.2 Å². The van der Waals surface area contributed by atoms with Crippen LogP contribution in [-0.4, -0.2) is 193 Å². The summed E-state index contributed by atoms with van der Waals surface area (Å²) in [4.78, 5) is 13.1. The van der Waals surface area contributed by atoms with Gasteiger partial charge in [-0.2, -0.15) is 0 Å². The third kappa shape index (κ3) is 26.7. The first-order chi connectivity index (χ1) is 37.8. The number of rotatable bonds is 45. The lowest BCUT2D eigenvalue weighted by Gasteiger charge is -2.48. The van der Waals surface area contributed by atoms with Crippen LogP contribution in [0.25, 0.3) is 0 Å². The highest BCUT2D eigenvalue weighted by molar-refractivity contribution is 5.76. The van der Waals surface area contributed by atoms with Crippen molar-refractivity contribution >= 4 is 5.91 Å². The average molecular weight is 1120 g/mol. The molecule has 3 rings (SSSR count). The largest absolute Gasteiger partial charge is 0.394 e. The number of nitrogens with one attached hydrogen (secondary N) is 1. The Morgan fingerprint density at radius 1 is 0.449 bits per heavy atom. The number of ether oxygens (including phenoxy) is 6. The first kappa shape index (κ1) is 70.5. The monoisotopic (exact) mass is 1120 g/mol. The van der Waals surface area contributed by atoms with Crippen LogP contribution in [0.15, 0.2) is 24.3 Å². The molecule has 0 aromatic heterocycles. The fourth-order valence-electron chi connectivity index (χ4n) is 10.4. The lowest BCUT2D eigenvalue weighted by atomic mass is 9.96. The van der Waals surface area contributed by atoms with E-state index in [9.17, 15) is 61.0 Å². The summed E-state index contributed by atoms with van der Waals surface area (Å²) in [5, 5.41) is 120. The van der Waals surface area contributed by atoms with Gasteiger partial charge >= 0.3 is 0 Å². The molecule has 17 atom stereocenters. The summed E-state index contributed by atoms with van der Waals surface area (Å²) in [6.07, 6.45) is 18.4. The van der Waals surface area contributed by atoms with E-state index in [1.807, 2.05) is 6.08 Å². The molecule has 19 heteroatoms. The van der Waals surface area contributed by atoms with E-state index in [1.165, 1.54) is 135 Å². The van der Waals surface area contributed by atoms with Crippen LogP contribution in [0.2, 0.25) is 0 Å². The van der Waals surface area contributed by atoms with Gasteiger partial charge < -0.3 is 89.9 Å². The molecule has 0 spiro atoms. The minimum absolute atomic E-state index is 0.232. The number of aliphatic hydroxyl groups excluding tert-OH is 11. The fraction of sp³-hybridized carbons (Fsp3) is 0.915. The Morgan fingerprint density at radius 3 is 1.28 bits per heavy atom. The Labute approximate surface area is 467 Å². The van der Waals surface area contributed by atoms with Gasteiger partial charge in [0.15, 0.2) is 18.9 Å². The molecule has 17 unspecified atom stereocenters. The van der Waals surface area contributed by atoms with Crippen LogP contribution in [0, 0.1) is 0 Å². The Hall–Kier alpha value is -1.73. The van der Waals surface area contributed by atoms with E-state index in [0.29, 0.717) is 12.8 Å². The first-order valence-electron chi connectivity index (χ1n) is 30.6. The SMILES string of the molecule is CCCCCCCCCCCCCCCCCCCCCCCC/C=C/CC/C=C/C(O)C(COC1OC(CO)C(OC2OC(CO)C(OC3OC(CO)C(O)C(O)C3O)C(O)C2O)C(O)C1O)NC(=O)CCCCCCC. The topological polar surface area (TPSA) is 307 Å². The highest BCUT2D eigenvalue weighted by Crippen LogP contribution is 2.33. The van der Waals surface area contributed by atoms with Gasteiger partial charge in [-0.3, -0.25) is 4.79 Å². The predicted molar refractivity (Wildman–Crippen MR) is 296 cm³/mol. The van der Waals surface area contributed by atoms with E-state index in [0.717, 1.165) is 44.9 Å². The maximum Gasteiger partial charge on any atom is 0.220 e. The zero-order chi connectivity index (χ0) is 56.9. The van der Waals surface area contributed by atoms with E-state index in [2.05, 4.69) is 31.3 Å². The Balaban J connectivity index is 1.38. The van der Waals surface area contributed by atoms with E-state index in [1.54, 1.807) is 6.08 Å². The van der Waals surface area contributed by atoms with Crippen molar-refractivity contribution in [3.63, 3.8) is 0 Å². The molecule has 0 radical (unpaired) electrons. The molecular formula is C59H109NO18. The average Bonchev–Trinajstić information content (AvgIpc) is 3.45. The van der Waals surface area contributed by atoms with Gasteiger partial charge in [0.2, 0.25) is 5.91 Å². The molecule has 0 aromatic rings. The molecule has 19 nitrogen and oxygen atoms in total. The quantitative estimate of drug-likeness (QED) is 0.0263. The van der Waals surface area contributed by atoms with Crippen molar-refractivity contribution in [3.05, 3.63) is 24.3 Å². The Kier molecular flexibility index (Phi) is 38.9. The van der Waals surface area contributed by atoms with Crippen LogP contribution >= 0.6 is 0 Å². The smallest absolute Gasteiger partial charge is 0.220 e. The Morgan fingerprint density at radius 2 is 0.821 bits per heavy atom. The third-order valence-corrected chi connectivity index (χ3v) is 15.5. The molecule has 3 heterocycles. The van der Waals surface area contributed by atoms with E-state index >= 15 is 0 Å². The normalized spacial score (nSPS) is 30.6. The van der Waals surface area contributed by atoms with Crippen molar-refractivity contribution in [1.29, 1.82) is 0 Å². The van der Waals surface area contributed by atoms with Crippen molar-refractivity contribution < 1.29 is 89.4 Å². The third-order valence-electron chi connectivity index (χ3n) is 15.5. The molecule has 3 fully saturated rings. The van der Waals surface area contributed by atoms with Crippen LogP contribution < -0.4 is 5.32 Å². The van der Waals surface area contributed by atoms with Gasteiger partial charge in [-0.15, -0.1) is 0 Å². The second kappa shape index (κ2) is 43.0.